The standard InChI is InChI=1S/C16H17N3O/c1-12(15-5-3-4-13(8-15)10-17)19-11-14-6-7-18-16(9-14)20-2/h3-9,12,19H,11H2,1-2H3. The molecule has 20 heavy (non-hydrogen) atoms. The number of ether oxygens (including phenoxy) is 1. The minimum absolute atomic E-state index is 0.169. The number of rotatable bonds is 5. The summed E-state index contributed by atoms with van der Waals surface area (Å²) in [5, 5.41) is 12.3. The molecule has 0 saturated carbocycles. The Morgan fingerprint density at radius 2 is 2.20 bits per heavy atom. The van der Waals surface area contributed by atoms with Crippen molar-refractivity contribution in [3.8, 4) is 11.9 Å². The number of hydrogen-bond acceptors (Lipinski definition) is 4. The van der Waals surface area contributed by atoms with E-state index in [9.17, 15) is 0 Å². The third-order valence-corrected chi connectivity index (χ3v) is 3.14. The van der Waals surface area contributed by atoms with Crippen molar-refractivity contribution in [1.29, 1.82) is 5.26 Å². The highest BCUT2D eigenvalue weighted by Gasteiger charge is 2.06. The maximum absolute atomic E-state index is 8.92. The summed E-state index contributed by atoms with van der Waals surface area (Å²) in [5.41, 5.74) is 2.90. The lowest BCUT2D eigenvalue weighted by molar-refractivity contribution is 0.397. The molecule has 0 aliphatic heterocycles. The van der Waals surface area contributed by atoms with E-state index in [0.717, 1.165) is 17.7 Å². The smallest absolute Gasteiger partial charge is 0.213 e. The van der Waals surface area contributed by atoms with Crippen LogP contribution < -0.4 is 10.1 Å². The lowest BCUT2D eigenvalue weighted by Crippen LogP contribution is -2.18. The van der Waals surface area contributed by atoms with Crippen LogP contribution in [0.1, 0.15) is 29.7 Å². The van der Waals surface area contributed by atoms with Gasteiger partial charge in [0.15, 0.2) is 0 Å². The average molecular weight is 267 g/mol. The highest BCUT2D eigenvalue weighted by molar-refractivity contribution is 5.34. The Labute approximate surface area is 119 Å². The Hall–Kier alpha value is -2.38. The van der Waals surface area contributed by atoms with E-state index in [2.05, 4.69) is 23.3 Å². The molecule has 0 aliphatic carbocycles. The van der Waals surface area contributed by atoms with Gasteiger partial charge in [0.1, 0.15) is 0 Å². The fourth-order valence-corrected chi connectivity index (χ4v) is 1.94. The Morgan fingerprint density at radius 1 is 1.35 bits per heavy atom. The van der Waals surface area contributed by atoms with Crippen molar-refractivity contribution in [3.05, 3.63) is 59.3 Å². The molecule has 0 aliphatic rings. The van der Waals surface area contributed by atoms with Gasteiger partial charge in [-0.15, -0.1) is 0 Å². The molecule has 1 heterocycles. The van der Waals surface area contributed by atoms with Crippen LogP contribution in [0.25, 0.3) is 0 Å². The van der Waals surface area contributed by atoms with Crippen molar-refractivity contribution >= 4 is 0 Å². The van der Waals surface area contributed by atoms with Crippen LogP contribution in [-0.2, 0) is 6.54 Å². The van der Waals surface area contributed by atoms with Crippen LogP contribution in [0.2, 0.25) is 0 Å². The molecule has 0 saturated heterocycles. The first-order valence-corrected chi connectivity index (χ1v) is 6.45. The summed E-state index contributed by atoms with van der Waals surface area (Å²) >= 11 is 0. The van der Waals surface area contributed by atoms with Crippen LogP contribution >= 0.6 is 0 Å². The quantitative estimate of drug-likeness (QED) is 0.905. The SMILES string of the molecule is COc1cc(CNC(C)c2cccc(C#N)c2)ccn1. The minimum Gasteiger partial charge on any atom is -0.481 e. The summed E-state index contributed by atoms with van der Waals surface area (Å²) in [6.45, 7) is 2.80. The second kappa shape index (κ2) is 6.69. The lowest BCUT2D eigenvalue weighted by atomic mass is 10.1. The average Bonchev–Trinajstić information content (AvgIpc) is 2.52. The second-order valence-corrected chi connectivity index (χ2v) is 4.55. The molecule has 1 N–H and O–H groups in total. The molecule has 0 bridgehead atoms. The molecular formula is C16H17N3O. The first kappa shape index (κ1) is 14.0. The highest BCUT2D eigenvalue weighted by Crippen LogP contribution is 2.15. The molecule has 1 unspecified atom stereocenters. The molecule has 0 radical (unpaired) electrons. The molecule has 4 heteroatoms. The van der Waals surface area contributed by atoms with E-state index in [1.54, 1.807) is 13.3 Å². The third kappa shape index (κ3) is 3.56. The van der Waals surface area contributed by atoms with E-state index in [1.807, 2.05) is 36.4 Å². The van der Waals surface area contributed by atoms with Gasteiger partial charge in [0.2, 0.25) is 5.88 Å². The normalized spacial score (nSPS) is 11.7. The number of benzene rings is 1. The summed E-state index contributed by atoms with van der Waals surface area (Å²) < 4.78 is 5.10. The molecule has 0 amide bonds. The fourth-order valence-electron chi connectivity index (χ4n) is 1.94. The largest absolute Gasteiger partial charge is 0.481 e. The number of hydrogen-bond donors (Lipinski definition) is 1. The van der Waals surface area contributed by atoms with Gasteiger partial charge in [-0.3, -0.25) is 0 Å². The fraction of sp³-hybridized carbons (Fsp3) is 0.250. The Balaban J connectivity index is 2.00. The monoisotopic (exact) mass is 267 g/mol. The molecule has 0 fully saturated rings. The Kier molecular flexibility index (Phi) is 4.70. The van der Waals surface area contributed by atoms with E-state index in [1.165, 1.54) is 0 Å². The van der Waals surface area contributed by atoms with Gasteiger partial charge >= 0.3 is 0 Å². The van der Waals surface area contributed by atoms with Gasteiger partial charge in [-0.25, -0.2) is 4.98 Å². The molecule has 102 valence electrons. The molecule has 2 aromatic rings. The molecule has 0 spiro atoms. The first-order chi connectivity index (χ1) is 9.72. The zero-order valence-corrected chi connectivity index (χ0v) is 11.6. The van der Waals surface area contributed by atoms with Crippen LogP contribution in [-0.4, -0.2) is 12.1 Å². The molecule has 4 nitrogen and oxygen atoms in total. The minimum atomic E-state index is 0.169. The van der Waals surface area contributed by atoms with E-state index in [-0.39, 0.29) is 6.04 Å². The van der Waals surface area contributed by atoms with E-state index < -0.39 is 0 Å². The van der Waals surface area contributed by atoms with Crippen molar-refractivity contribution in [3.63, 3.8) is 0 Å². The summed E-state index contributed by atoms with van der Waals surface area (Å²) in [6, 6.07) is 13.8. The summed E-state index contributed by atoms with van der Waals surface area (Å²) in [6.07, 6.45) is 1.73. The van der Waals surface area contributed by atoms with E-state index in [4.69, 9.17) is 10.00 Å². The molecule has 1 aromatic heterocycles. The van der Waals surface area contributed by atoms with Crippen LogP contribution in [0.3, 0.4) is 0 Å². The third-order valence-electron chi connectivity index (χ3n) is 3.14. The summed E-state index contributed by atoms with van der Waals surface area (Å²) in [4.78, 5) is 4.08. The summed E-state index contributed by atoms with van der Waals surface area (Å²) in [7, 11) is 1.61. The second-order valence-electron chi connectivity index (χ2n) is 4.55. The van der Waals surface area contributed by atoms with Gasteiger partial charge in [-0.2, -0.15) is 5.26 Å². The van der Waals surface area contributed by atoms with Crippen molar-refractivity contribution in [2.24, 2.45) is 0 Å². The summed E-state index contributed by atoms with van der Waals surface area (Å²) in [5.74, 6) is 0.614. The topological polar surface area (TPSA) is 57.9 Å². The maximum Gasteiger partial charge on any atom is 0.213 e. The van der Waals surface area contributed by atoms with Crippen LogP contribution in [0.4, 0.5) is 0 Å². The number of nitrogens with zero attached hydrogens (tertiary/aromatic N) is 2. The zero-order valence-electron chi connectivity index (χ0n) is 11.6. The van der Waals surface area contributed by atoms with Gasteiger partial charge < -0.3 is 10.1 Å². The van der Waals surface area contributed by atoms with Gasteiger partial charge in [0, 0.05) is 24.8 Å². The molecule has 1 aromatic carbocycles. The van der Waals surface area contributed by atoms with Crippen molar-refractivity contribution in [2.75, 3.05) is 7.11 Å². The van der Waals surface area contributed by atoms with Gasteiger partial charge in [0.05, 0.1) is 18.7 Å². The zero-order chi connectivity index (χ0) is 14.4. The highest BCUT2D eigenvalue weighted by atomic mass is 16.5. The molecule has 2 rings (SSSR count). The maximum atomic E-state index is 8.92. The van der Waals surface area contributed by atoms with Crippen LogP contribution in [0.15, 0.2) is 42.6 Å². The lowest BCUT2D eigenvalue weighted by Gasteiger charge is -2.14. The van der Waals surface area contributed by atoms with Crippen molar-refractivity contribution in [1.82, 2.24) is 10.3 Å². The number of pyridine rings is 1. The first-order valence-electron chi connectivity index (χ1n) is 6.45. The van der Waals surface area contributed by atoms with Gasteiger partial charge in [-0.05, 0) is 36.2 Å². The van der Waals surface area contributed by atoms with Gasteiger partial charge in [-0.1, -0.05) is 12.1 Å². The Morgan fingerprint density at radius 3 is 2.95 bits per heavy atom. The number of nitriles is 1. The molecular weight excluding hydrogens is 250 g/mol. The van der Waals surface area contributed by atoms with Crippen LogP contribution in [0, 0.1) is 11.3 Å². The predicted molar refractivity (Wildman–Crippen MR) is 77.2 cm³/mol. The van der Waals surface area contributed by atoms with Crippen molar-refractivity contribution in [2.45, 2.75) is 19.5 Å². The number of nitrogens with one attached hydrogen (secondary N) is 1. The van der Waals surface area contributed by atoms with Gasteiger partial charge in [0.25, 0.3) is 0 Å². The Bertz CT molecular complexity index is 619. The van der Waals surface area contributed by atoms with E-state index >= 15 is 0 Å². The molecule has 1 atom stereocenters. The number of methoxy groups -OCH3 is 1. The van der Waals surface area contributed by atoms with E-state index in [0.29, 0.717) is 11.4 Å². The number of aromatic nitrogens is 1. The van der Waals surface area contributed by atoms with Crippen LogP contribution in [0.5, 0.6) is 5.88 Å². The van der Waals surface area contributed by atoms with Crippen molar-refractivity contribution < 1.29 is 4.74 Å². The predicted octanol–water partition coefficient (Wildman–Crippen LogP) is 2.81.